The Bertz CT molecular complexity index is 706. The summed E-state index contributed by atoms with van der Waals surface area (Å²) in [4.78, 5) is 14.9. The van der Waals surface area contributed by atoms with Gasteiger partial charge in [-0.05, 0) is 67.0 Å². The van der Waals surface area contributed by atoms with E-state index in [-0.39, 0.29) is 23.5 Å². The number of carbonyl (C=O) groups is 1. The van der Waals surface area contributed by atoms with E-state index in [1.165, 1.54) is 24.3 Å². The van der Waals surface area contributed by atoms with Crippen molar-refractivity contribution in [2.24, 2.45) is 5.92 Å². The highest BCUT2D eigenvalue weighted by molar-refractivity contribution is 5.79. The summed E-state index contributed by atoms with van der Waals surface area (Å²) >= 11 is 0. The lowest BCUT2D eigenvalue weighted by Crippen LogP contribution is -2.33. The molecule has 1 saturated heterocycles. The van der Waals surface area contributed by atoms with E-state index in [9.17, 15) is 13.6 Å². The third-order valence-electron chi connectivity index (χ3n) is 5.96. The van der Waals surface area contributed by atoms with Crippen LogP contribution in [-0.4, -0.2) is 23.9 Å². The van der Waals surface area contributed by atoms with Crippen LogP contribution < -0.4 is 0 Å². The van der Waals surface area contributed by atoms with Crippen LogP contribution in [0.1, 0.15) is 48.6 Å². The molecular weight excluding hydrogens is 332 g/mol. The van der Waals surface area contributed by atoms with Gasteiger partial charge in [0.15, 0.2) is 0 Å². The predicted molar refractivity (Wildman–Crippen MR) is 96.8 cm³/mol. The van der Waals surface area contributed by atoms with E-state index in [1.54, 1.807) is 0 Å². The minimum absolute atomic E-state index is 0.0667. The summed E-state index contributed by atoms with van der Waals surface area (Å²) in [6, 6.07) is 13.3. The Labute approximate surface area is 152 Å². The summed E-state index contributed by atoms with van der Waals surface area (Å²) in [6.45, 7) is 1.50. The zero-order chi connectivity index (χ0) is 18.1. The highest BCUT2D eigenvalue weighted by Gasteiger charge is 2.36. The Morgan fingerprint density at radius 1 is 0.808 bits per heavy atom. The molecule has 26 heavy (non-hydrogen) atoms. The molecule has 2 aliphatic rings. The van der Waals surface area contributed by atoms with Crippen LogP contribution in [0.2, 0.25) is 0 Å². The maximum absolute atomic E-state index is 13.1. The molecule has 0 spiro atoms. The fourth-order valence-corrected chi connectivity index (χ4v) is 4.47. The van der Waals surface area contributed by atoms with Crippen LogP contribution in [0, 0.1) is 17.6 Å². The topological polar surface area (TPSA) is 20.3 Å². The number of halogens is 2. The molecule has 1 aliphatic heterocycles. The minimum atomic E-state index is -0.225. The van der Waals surface area contributed by atoms with Crippen LogP contribution in [0.5, 0.6) is 0 Å². The number of nitrogens with zero attached hydrogens (tertiary/aromatic N) is 1. The summed E-state index contributed by atoms with van der Waals surface area (Å²) in [5, 5.41) is 0. The summed E-state index contributed by atoms with van der Waals surface area (Å²) in [5.41, 5.74) is 2.24. The molecule has 0 aromatic heterocycles. The van der Waals surface area contributed by atoms with Crippen molar-refractivity contribution in [3.8, 4) is 0 Å². The van der Waals surface area contributed by atoms with Crippen molar-refractivity contribution in [2.75, 3.05) is 13.1 Å². The van der Waals surface area contributed by atoms with E-state index in [0.717, 1.165) is 49.9 Å². The van der Waals surface area contributed by atoms with Gasteiger partial charge in [-0.25, -0.2) is 8.78 Å². The second-order valence-corrected chi connectivity index (χ2v) is 7.58. The number of hydrogen-bond acceptors (Lipinski definition) is 1. The first-order valence-electron chi connectivity index (χ1n) is 9.40. The molecule has 1 aliphatic carbocycles. The summed E-state index contributed by atoms with van der Waals surface area (Å²) in [7, 11) is 0. The second-order valence-electron chi connectivity index (χ2n) is 7.58. The van der Waals surface area contributed by atoms with Gasteiger partial charge in [0.2, 0.25) is 5.91 Å². The molecule has 3 atom stereocenters. The highest BCUT2D eigenvalue weighted by atomic mass is 19.1. The molecule has 1 amide bonds. The van der Waals surface area contributed by atoms with Gasteiger partial charge in [-0.2, -0.15) is 0 Å². The molecule has 2 aromatic carbocycles. The normalized spacial score (nSPS) is 25.6. The number of amides is 1. The van der Waals surface area contributed by atoms with E-state index in [4.69, 9.17) is 0 Å². The van der Waals surface area contributed by atoms with Crippen molar-refractivity contribution in [3.05, 3.63) is 71.3 Å². The zero-order valence-corrected chi connectivity index (χ0v) is 14.7. The van der Waals surface area contributed by atoms with Gasteiger partial charge in [-0.1, -0.05) is 24.3 Å². The van der Waals surface area contributed by atoms with Crippen molar-refractivity contribution in [2.45, 2.75) is 37.5 Å². The first-order valence-corrected chi connectivity index (χ1v) is 9.40. The molecule has 0 N–H and O–H groups in total. The summed E-state index contributed by atoms with van der Waals surface area (Å²) < 4.78 is 26.2. The minimum Gasteiger partial charge on any atom is -0.342 e. The lowest BCUT2D eigenvalue weighted by Gasteiger charge is -2.21. The Morgan fingerprint density at radius 3 is 2.00 bits per heavy atom. The van der Waals surface area contributed by atoms with Gasteiger partial charge >= 0.3 is 0 Å². The molecule has 2 aromatic rings. The number of benzene rings is 2. The van der Waals surface area contributed by atoms with Gasteiger partial charge in [0.05, 0.1) is 0 Å². The van der Waals surface area contributed by atoms with Gasteiger partial charge < -0.3 is 4.90 Å². The lowest BCUT2D eigenvalue weighted by molar-refractivity contribution is -0.134. The van der Waals surface area contributed by atoms with E-state index >= 15 is 0 Å². The Balaban J connectivity index is 1.36. The first-order chi connectivity index (χ1) is 12.6. The molecule has 0 unspecified atom stereocenters. The highest BCUT2D eigenvalue weighted by Crippen LogP contribution is 2.40. The predicted octanol–water partition coefficient (Wildman–Crippen LogP) is 4.86. The zero-order valence-electron chi connectivity index (χ0n) is 14.7. The van der Waals surface area contributed by atoms with E-state index in [2.05, 4.69) is 0 Å². The van der Waals surface area contributed by atoms with Crippen LogP contribution >= 0.6 is 0 Å². The molecular formula is C22H23F2NO. The summed E-state index contributed by atoms with van der Waals surface area (Å²) in [6.07, 6.45) is 3.67. The van der Waals surface area contributed by atoms with Crippen LogP contribution in [0.25, 0.3) is 0 Å². The van der Waals surface area contributed by atoms with Gasteiger partial charge in [0.1, 0.15) is 11.6 Å². The largest absolute Gasteiger partial charge is 0.342 e. The molecule has 2 nitrogen and oxygen atoms in total. The van der Waals surface area contributed by atoms with Crippen LogP contribution in [0.3, 0.4) is 0 Å². The third-order valence-corrected chi connectivity index (χ3v) is 5.96. The maximum atomic E-state index is 13.1. The molecule has 2 fully saturated rings. The molecule has 136 valence electrons. The van der Waals surface area contributed by atoms with Crippen LogP contribution in [0.15, 0.2) is 48.5 Å². The number of likely N-dealkylation sites (tertiary alicyclic amines) is 1. The average Bonchev–Trinajstić information content (AvgIpc) is 3.32. The Kier molecular flexibility index (Phi) is 4.75. The Hall–Kier alpha value is -2.23. The van der Waals surface area contributed by atoms with Crippen molar-refractivity contribution >= 4 is 5.91 Å². The van der Waals surface area contributed by atoms with Crippen LogP contribution in [-0.2, 0) is 4.79 Å². The van der Waals surface area contributed by atoms with E-state index in [0.29, 0.717) is 11.8 Å². The molecule has 0 radical (unpaired) electrons. The van der Waals surface area contributed by atoms with Crippen molar-refractivity contribution in [3.63, 3.8) is 0 Å². The average molecular weight is 355 g/mol. The van der Waals surface area contributed by atoms with Gasteiger partial charge in [-0.15, -0.1) is 0 Å². The monoisotopic (exact) mass is 355 g/mol. The fourth-order valence-electron chi connectivity index (χ4n) is 4.47. The molecule has 4 heteroatoms. The quantitative estimate of drug-likeness (QED) is 0.770. The van der Waals surface area contributed by atoms with Gasteiger partial charge in [0.25, 0.3) is 0 Å². The third kappa shape index (κ3) is 3.50. The van der Waals surface area contributed by atoms with Crippen molar-refractivity contribution in [1.82, 2.24) is 4.90 Å². The maximum Gasteiger partial charge on any atom is 0.225 e. The van der Waals surface area contributed by atoms with Crippen molar-refractivity contribution < 1.29 is 13.6 Å². The molecule has 1 saturated carbocycles. The number of rotatable bonds is 3. The second kappa shape index (κ2) is 7.18. The van der Waals surface area contributed by atoms with Crippen molar-refractivity contribution in [1.29, 1.82) is 0 Å². The first kappa shape index (κ1) is 17.2. The van der Waals surface area contributed by atoms with E-state index in [1.807, 2.05) is 29.2 Å². The van der Waals surface area contributed by atoms with Crippen LogP contribution in [0.4, 0.5) is 8.78 Å². The standard InChI is InChI=1S/C22H23F2NO/c23-20-7-3-15(4-8-20)17-1-2-18(13-17)22(26)25-12-11-19(14-25)16-5-9-21(24)10-6-16/h3-10,17-19H,1-2,11-14H2/t17-,18+,19+/m1/s1. The van der Waals surface area contributed by atoms with Gasteiger partial charge in [-0.3, -0.25) is 4.79 Å². The SMILES string of the molecule is O=C([C@H]1CC[C@@H](c2ccc(F)cc2)C1)N1CC[C@H](c2ccc(F)cc2)C1. The Morgan fingerprint density at radius 2 is 1.38 bits per heavy atom. The van der Waals surface area contributed by atoms with E-state index < -0.39 is 0 Å². The molecule has 1 heterocycles. The molecule has 0 bridgehead atoms. The number of hydrogen-bond donors (Lipinski definition) is 0. The smallest absolute Gasteiger partial charge is 0.225 e. The summed E-state index contributed by atoms with van der Waals surface area (Å²) in [5.74, 6) is 0.519. The lowest BCUT2D eigenvalue weighted by atomic mass is 9.96. The molecule has 4 rings (SSSR count). The van der Waals surface area contributed by atoms with Gasteiger partial charge in [0, 0.05) is 24.9 Å². The number of carbonyl (C=O) groups excluding carboxylic acids is 1. The fraction of sp³-hybridized carbons (Fsp3) is 0.409.